The van der Waals surface area contributed by atoms with Gasteiger partial charge in [-0.2, -0.15) is 4.31 Å². The molecule has 0 aliphatic carbocycles. The summed E-state index contributed by atoms with van der Waals surface area (Å²) in [4.78, 5) is 4.24. The molecule has 0 saturated carbocycles. The number of aromatic nitrogens is 2. The molecule has 0 radical (unpaired) electrons. The van der Waals surface area contributed by atoms with E-state index in [1.165, 1.54) is 6.20 Å². The van der Waals surface area contributed by atoms with Gasteiger partial charge in [0.15, 0.2) is 5.03 Å². The van der Waals surface area contributed by atoms with Crippen LogP contribution in [0.2, 0.25) is 0 Å². The number of imidazole rings is 1. The second-order valence-corrected chi connectivity index (χ2v) is 7.75. The first kappa shape index (κ1) is 14.0. The summed E-state index contributed by atoms with van der Waals surface area (Å²) in [5.41, 5.74) is 5.91. The molecule has 1 unspecified atom stereocenters. The first-order valence-corrected chi connectivity index (χ1v) is 8.74. The molecule has 0 bridgehead atoms. The van der Waals surface area contributed by atoms with Crippen molar-refractivity contribution in [1.29, 1.82) is 0 Å². The maximum Gasteiger partial charge on any atom is 0.260 e. The van der Waals surface area contributed by atoms with Crippen molar-refractivity contribution in [3.63, 3.8) is 0 Å². The summed E-state index contributed by atoms with van der Waals surface area (Å²) in [6.45, 7) is 3.89. The Labute approximate surface area is 120 Å². The van der Waals surface area contributed by atoms with Crippen LogP contribution in [0, 0.1) is 5.92 Å². The van der Waals surface area contributed by atoms with Crippen LogP contribution in [0.25, 0.3) is 0 Å². The zero-order valence-electron chi connectivity index (χ0n) is 11.8. The van der Waals surface area contributed by atoms with Gasteiger partial charge < -0.3 is 10.3 Å². The van der Waals surface area contributed by atoms with Crippen LogP contribution in [0.5, 0.6) is 0 Å². The van der Waals surface area contributed by atoms with Crippen LogP contribution in [0.1, 0.15) is 32.0 Å². The highest BCUT2D eigenvalue weighted by molar-refractivity contribution is 7.89. The summed E-state index contributed by atoms with van der Waals surface area (Å²) in [5.74, 6) is 1.33. The van der Waals surface area contributed by atoms with Crippen LogP contribution >= 0.6 is 0 Å². The van der Waals surface area contributed by atoms with Gasteiger partial charge in [-0.05, 0) is 32.1 Å². The van der Waals surface area contributed by atoms with Crippen LogP contribution in [-0.4, -0.2) is 41.4 Å². The Hall–Kier alpha value is -0.920. The van der Waals surface area contributed by atoms with Crippen LogP contribution in [-0.2, 0) is 23.0 Å². The van der Waals surface area contributed by atoms with E-state index in [9.17, 15) is 8.42 Å². The average molecular weight is 298 g/mol. The van der Waals surface area contributed by atoms with Crippen molar-refractivity contribution < 1.29 is 8.42 Å². The molecule has 7 heteroatoms. The maximum atomic E-state index is 12.7. The van der Waals surface area contributed by atoms with E-state index in [2.05, 4.69) is 4.98 Å². The number of rotatable bonds is 3. The van der Waals surface area contributed by atoms with Crippen LogP contribution in [0.3, 0.4) is 0 Å². The molecule has 3 heterocycles. The Kier molecular flexibility index (Phi) is 3.60. The van der Waals surface area contributed by atoms with Gasteiger partial charge in [0.1, 0.15) is 5.82 Å². The monoisotopic (exact) mass is 298 g/mol. The molecule has 2 N–H and O–H groups in total. The topological polar surface area (TPSA) is 81.2 Å². The number of hydrogen-bond donors (Lipinski definition) is 1. The summed E-state index contributed by atoms with van der Waals surface area (Å²) >= 11 is 0. The lowest BCUT2D eigenvalue weighted by Gasteiger charge is -2.32. The van der Waals surface area contributed by atoms with Crippen molar-refractivity contribution in [1.82, 2.24) is 13.9 Å². The summed E-state index contributed by atoms with van der Waals surface area (Å²) in [6, 6.07) is 0.138. The quantitative estimate of drug-likeness (QED) is 0.885. The van der Waals surface area contributed by atoms with Gasteiger partial charge >= 0.3 is 0 Å². The third-order valence-electron chi connectivity index (χ3n) is 4.53. The second kappa shape index (κ2) is 5.13. The van der Waals surface area contributed by atoms with Crippen LogP contribution in [0.15, 0.2) is 11.2 Å². The molecule has 1 aromatic heterocycles. The van der Waals surface area contributed by atoms with Crippen molar-refractivity contribution in [2.24, 2.45) is 11.7 Å². The molecule has 1 atom stereocenters. The van der Waals surface area contributed by atoms with Crippen molar-refractivity contribution in [3.8, 4) is 0 Å². The van der Waals surface area contributed by atoms with Gasteiger partial charge in [-0.3, -0.25) is 0 Å². The summed E-state index contributed by atoms with van der Waals surface area (Å²) in [5, 5.41) is 0.365. The highest BCUT2D eigenvalue weighted by Crippen LogP contribution is 2.27. The lowest BCUT2D eigenvalue weighted by Crippen LogP contribution is -2.42. The zero-order valence-corrected chi connectivity index (χ0v) is 12.6. The minimum atomic E-state index is -3.40. The Morgan fingerprint density at radius 3 is 2.70 bits per heavy atom. The Morgan fingerprint density at radius 2 is 2.05 bits per heavy atom. The first-order chi connectivity index (χ1) is 9.50. The van der Waals surface area contributed by atoms with Gasteiger partial charge in [0.05, 0.1) is 6.20 Å². The molecule has 1 aromatic rings. The first-order valence-electron chi connectivity index (χ1n) is 7.30. The molecule has 1 saturated heterocycles. The normalized spacial score (nSPS) is 22.9. The van der Waals surface area contributed by atoms with Gasteiger partial charge in [-0.1, -0.05) is 0 Å². The molecule has 20 heavy (non-hydrogen) atoms. The van der Waals surface area contributed by atoms with E-state index in [1.807, 2.05) is 11.5 Å². The van der Waals surface area contributed by atoms with E-state index in [0.717, 1.165) is 38.1 Å². The van der Waals surface area contributed by atoms with E-state index in [0.29, 0.717) is 24.0 Å². The minimum absolute atomic E-state index is 0.138. The summed E-state index contributed by atoms with van der Waals surface area (Å²) in [7, 11) is -3.40. The molecule has 3 rings (SSSR count). The van der Waals surface area contributed by atoms with Gasteiger partial charge in [0.25, 0.3) is 10.0 Å². The largest absolute Gasteiger partial charge is 0.328 e. The lowest BCUT2D eigenvalue weighted by molar-refractivity contribution is 0.250. The number of hydrogen-bond acceptors (Lipinski definition) is 4. The second-order valence-electron chi connectivity index (χ2n) is 5.87. The molecule has 0 spiro atoms. The number of aryl methyl sites for hydroxylation is 1. The fourth-order valence-corrected chi connectivity index (χ4v) is 4.83. The third kappa shape index (κ3) is 2.27. The van der Waals surface area contributed by atoms with E-state index >= 15 is 0 Å². The number of nitrogens with two attached hydrogens (primary N) is 1. The third-order valence-corrected chi connectivity index (χ3v) is 6.43. The van der Waals surface area contributed by atoms with E-state index in [1.54, 1.807) is 4.31 Å². The summed E-state index contributed by atoms with van der Waals surface area (Å²) < 4.78 is 28.9. The fourth-order valence-electron chi connectivity index (χ4n) is 3.21. The maximum absolute atomic E-state index is 12.7. The van der Waals surface area contributed by atoms with Gasteiger partial charge in [-0.15, -0.1) is 0 Å². The molecule has 0 amide bonds. The van der Waals surface area contributed by atoms with Crippen molar-refractivity contribution >= 4 is 10.0 Å². The van der Waals surface area contributed by atoms with Crippen LogP contribution < -0.4 is 5.73 Å². The molecule has 1 fully saturated rings. The summed E-state index contributed by atoms with van der Waals surface area (Å²) in [6.07, 6.45) is 5.07. The van der Waals surface area contributed by atoms with Crippen LogP contribution in [0.4, 0.5) is 0 Å². The average Bonchev–Trinajstić information content (AvgIpc) is 3.00. The predicted molar refractivity (Wildman–Crippen MR) is 75.7 cm³/mol. The van der Waals surface area contributed by atoms with E-state index < -0.39 is 10.0 Å². The molecule has 0 aromatic carbocycles. The Balaban J connectivity index is 1.79. The van der Waals surface area contributed by atoms with Crippen molar-refractivity contribution in [2.75, 3.05) is 13.1 Å². The Morgan fingerprint density at radius 1 is 1.35 bits per heavy atom. The molecule has 2 aliphatic heterocycles. The Bertz CT molecular complexity index is 586. The SMILES string of the molecule is CC(N)C1CCN(S(=O)(=O)c2cnc3n2CCC3)CC1. The minimum Gasteiger partial charge on any atom is -0.328 e. The van der Waals surface area contributed by atoms with Gasteiger partial charge in [0.2, 0.25) is 0 Å². The smallest absolute Gasteiger partial charge is 0.260 e. The molecular formula is C13H22N4O2S. The van der Waals surface area contributed by atoms with E-state index in [4.69, 9.17) is 5.73 Å². The van der Waals surface area contributed by atoms with Crippen molar-refractivity contribution in [2.45, 2.75) is 50.2 Å². The number of sulfonamides is 1. The molecule has 6 nitrogen and oxygen atoms in total. The van der Waals surface area contributed by atoms with E-state index in [-0.39, 0.29) is 6.04 Å². The molecular weight excluding hydrogens is 276 g/mol. The van der Waals surface area contributed by atoms with Gasteiger partial charge in [0, 0.05) is 32.1 Å². The highest BCUT2D eigenvalue weighted by Gasteiger charge is 2.34. The predicted octanol–water partition coefficient (Wildman–Crippen LogP) is 0.577. The lowest BCUT2D eigenvalue weighted by atomic mass is 9.92. The zero-order chi connectivity index (χ0) is 14.3. The number of fused-ring (bicyclic) bond motifs is 1. The number of piperidine rings is 1. The highest BCUT2D eigenvalue weighted by atomic mass is 32.2. The molecule has 2 aliphatic rings. The number of nitrogens with zero attached hydrogens (tertiary/aromatic N) is 3. The standard InChI is InChI=1S/C13H22N4O2S/c1-10(14)11-4-7-16(8-5-11)20(18,19)13-9-15-12-3-2-6-17(12)13/h9-11H,2-8,14H2,1H3. The fraction of sp³-hybridized carbons (Fsp3) is 0.769. The van der Waals surface area contributed by atoms with Crippen molar-refractivity contribution in [3.05, 3.63) is 12.0 Å². The van der Waals surface area contributed by atoms with Gasteiger partial charge in [-0.25, -0.2) is 13.4 Å². The molecule has 112 valence electrons.